The quantitative estimate of drug-likeness (QED) is 0.430. The van der Waals surface area contributed by atoms with E-state index in [0.717, 1.165) is 30.0 Å². The number of Topliss-reactive ketones (excluding diaryl/α,β-unsaturated/α-hetero) is 1. The molecule has 0 saturated carbocycles. The first-order valence-electron chi connectivity index (χ1n) is 12.0. The van der Waals surface area contributed by atoms with E-state index in [1.807, 2.05) is 25.3 Å². The largest absolute Gasteiger partial charge is 0.458 e. The van der Waals surface area contributed by atoms with Gasteiger partial charge >= 0.3 is 5.97 Å². The fourth-order valence-corrected chi connectivity index (χ4v) is 4.83. The first-order valence-corrected chi connectivity index (χ1v) is 12.9. The number of allylic oxidation sites excluding steroid dienone is 1. The number of aliphatic hydroxyl groups is 2. The van der Waals surface area contributed by atoms with Gasteiger partial charge in [0.05, 0.1) is 29.7 Å². The maximum Gasteiger partial charge on any atom is 0.309 e. The Morgan fingerprint density at radius 2 is 2.00 bits per heavy atom. The summed E-state index contributed by atoms with van der Waals surface area (Å²) >= 11 is 1.47. The number of nitrogens with zero attached hydrogens (tertiary/aromatic N) is 1. The van der Waals surface area contributed by atoms with Crippen LogP contribution >= 0.6 is 11.3 Å². The number of hydrogen-bond acceptors (Lipinski definition) is 8. The molecule has 0 saturated heterocycles. The van der Waals surface area contributed by atoms with Gasteiger partial charge in [-0.1, -0.05) is 39.3 Å². The highest BCUT2D eigenvalue weighted by atomic mass is 32.1. The Hall–Kier alpha value is -1.87. The first kappa shape index (κ1) is 28.4. The summed E-state index contributed by atoms with van der Waals surface area (Å²) in [5, 5.41) is 24.2. The zero-order valence-corrected chi connectivity index (χ0v) is 21.8. The average Bonchev–Trinajstić information content (AvgIpc) is 3.26. The second-order valence-electron chi connectivity index (χ2n) is 10.00. The van der Waals surface area contributed by atoms with Gasteiger partial charge in [-0.2, -0.15) is 0 Å². The van der Waals surface area contributed by atoms with Crippen LogP contribution in [0.3, 0.4) is 0 Å². The standard InChI is InChI=1S/C26H40N2O5S/c1-16-7-6-8-17(2)24(31)18(3)25(32)26(4,5)21(29)13-23(30)33-20(11-9-16)12-10-19-15-34-22(14-27)28-19/h9-10,12,15,17-18,20-21,24,29,31H,6-8,11,13-14,27H2,1-5H3/b12-10?,16-9-/t17-,18+,20-,21-,24-/m0/s1. The molecule has 0 radical (unpaired) electrons. The predicted octanol–water partition coefficient (Wildman–Crippen LogP) is 4.03. The number of carbonyl (C=O) groups is 2. The summed E-state index contributed by atoms with van der Waals surface area (Å²) in [5.41, 5.74) is 6.36. The van der Waals surface area contributed by atoms with Gasteiger partial charge in [0.2, 0.25) is 0 Å². The van der Waals surface area contributed by atoms with Crippen molar-refractivity contribution in [3.05, 3.63) is 33.8 Å². The van der Waals surface area contributed by atoms with Crippen LogP contribution in [0, 0.1) is 17.3 Å². The van der Waals surface area contributed by atoms with Crippen LogP contribution in [-0.4, -0.2) is 45.3 Å². The maximum absolute atomic E-state index is 13.1. The molecule has 1 aromatic rings. The molecule has 8 heteroatoms. The summed E-state index contributed by atoms with van der Waals surface area (Å²) in [7, 11) is 0. The minimum Gasteiger partial charge on any atom is -0.458 e. The van der Waals surface area contributed by atoms with Crippen molar-refractivity contribution < 1.29 is 24.5 Å². The Labute approximate surface area is 207 Å². The minimum atomic E-state index is -1.22. The van der Waals surface area contributed by atoms with Gasteiger partial charge in [0.1, 0.15) is 16.9 Å². The van der Waals surface area contributed by atoms with E-state index < -0.39 is 35.6 Å². The molecule has 1 aromatic heterocycles. The summed E-state index contributed by atoms with van der Waals surface area (Å²) in [5.74, 6) is -1.54. The van der Waals surface area contributed by atoms with E-state index in [2.05, 4.69) is 11.1 Å². The fourth-order valence-electron chi connectivity index (χ4n) is 4.19. The number of ether oxygens (including phenoxy) is 1. The van der Waals surface area contributed by atoms with Crippen LogP contribution in [0.5, 0.6) is 0 Å². The number of nitrogens with two attached hydrogens (primary N) is 1. The van der Waals surface area contributed by atoms with Gasteiger partial charge in [-0.05, 0) is 44.3 Å². The highest BCUT2D eigenvalue weighted by Gasteiger charge is 2.42. The van der Waals surface area contributed by atoms with Crippen LogP contribution in [0.25, 0.3) is 6.08 Å². The Balaban J connectivity index is 2.26. The SMILES string of the molecule is C/C1=C/C[C@@H](C=Cc2csc(CN)n2)OC(=O)C[C@H](O)C(C)(C)C(=O)[C@H](C)[C@@H](O)[C@@H](C)CCC1. The molecule has 4 N–H and O–H groups in total. The summed E-state index contributed by atoms with van der Waals surface area (Å²) < 4.78 is 5.68. The van der Waals surface area contributed by atoms with E-state index >= 15 is 0 Å². The second-order valence-corrected chi connectivity index (χ2v) is 10.9. The number of aliphatic hydroxyl groups excluding tert-OH is 2. The smallest absolute Gasteiger partial charge is 0.309 e. The predicted molar refractivity (Wildman–Crippen MR) is 135 cm³/mol. The fraction of sp³-hybridized carbons (Fsp3) is 0.654. The molecular weight excluding hydrogens is 452 g/mol. The van der Waals surface area contributed by atoms with Crippen LogP contribution < -0.4 is 5.73 Å². The van der Waals surface area contributed by atoms with E-state index in [1.165, 1.54) is 16.9 Å². The minimum absolute atomic E-state index is 0.0511. The maximum atomic E-state index is 13.1. The van der Waals surface area contributed by atoms with Crippen molar-refractivity contribution in [3.8, 4) is 0 Å². The van der Waals surface area contributed by atoms with E-state index in [1.54, 1.807) is 26.8 Å². The van der Waals surface area contributed by atoms with Gasteiger partial charge in [0.15, 0.2) is 0 Å². The molecule has 7 nitrogen and oxygen atoms in total. The number of ketones is 1. The van der Waals surface area contributed by atoms with Crippen LogP contribution in [-0.2, 0) is 20.9 Å². The molecule has 5 atom stereocenters. The van der Waals surface area contributed by atoms with Crippen molar-refractivity contribution in [1.29, 1.82) is 0 Å². The summed E-state index contributed by atoms with van der Waals surface area (Å²) in [4.78, 5) is 30.2. The van der Waals surface area contributed by atoms with Crippen molar-refractivity contribution in [3.63, 3.8) is 0 Å². The van der Waals surface area contributed by atoms with Crippen molar-refractivity contribution in [2.75, 3.05) is 0 Å². The highest BCUT2D eigenvalue weighted by Crippen LogP contribution is 2.32. The Morgan fingerprint density at radius 1 is 1.29 bits per heavy atom. The molecule has 1 aliphatic heterocycles. The number of carbonyl (C=O) groups excluding carboxylic acids is 2. The number of esters is 1. The Bertz CT molecular complexity index is 892. The lowest BCUT2D eigenvalue weighted by atomic mass is 9.73. The zero-order chi connectivity index (χ0) is 25.5. The number of thiazole rings is 1. The van der Waals surface area contributed by atoms with E-state index in [-0.39, 0.29) is 18.1 Å². The molecule has 0 bridgehead atoms. The summed E-state index contributed by atoms with van der Waals surface area (Å²) in [6, 6.07) is 0. The third-order valence-electron chi connectivity index (χ3n) is 6.77. The third kappa shape index (κ3) is 7.83. The van der Waals surface area contributed by atoms with Crippen LogP contribution in [0.15, 0.2) is 23.1 Å². The van der Waals surface area contributed by atoms with Gasteiger partial charge < -0.3 is 20.7 Å². The molecular formula is C26H40N2O5S. The number of cyclic esters (lactones) is 1. The van der Waals surface area contributed by atoms with Crippen LogP contribution in [0.4, 0.5) is 0 Å². The molecule has 34 heavy (non-hydrogen) atoms. The highest BCUT2D eigenvalue weighted by molar-refractivity contribution is 7.09. The molecule has 0 spiro atoms. The topological polar surface area (TPSA) is 123 Å². The Kier molecular flexibility index (Phi) is 10.6. The molecule has 0 fully saturated rings. The van der Waals surface area contributed by atoms with Gasteiger partial charge in [-0.3, -0.25) is 9.59 Å². The average molecular weight is 493 g/mol. The molecule has 0 amide bonds. The number of hydrogen-bond donors (Lipinski definition) is 3. The Morgan fingerprint density at radius 3 is 2.65 bits per heavy atom. The molecule has 2 rings (SSSR count). The summed E-state index contributed by atoms with van der Waals surface area (Å²) in [6.07, 6.45) is 5.84. The first-order chi connectivity index (χ1) is 15.9. The van der Waals surface area contributed by atoms with Crippen molar-refractivity contribution >= 4 is 29.2 Å². The normalized spacial score (nSPS) is 31.8. The number of aromatic nitrogens is 1. The molecule has 190 valence electrons. The summed E-state index contributed by atoms with van der Waals surface area (Å²) in [6.45, 7) is 9.29. The third-order valence-corrected chi connectivity index (χ3v) is 7.66. The van der Waals surface area contributed by atoms with Gasteiger partial charge in [0.25, 0.3) is 0 Å². The zero-order valence-electron chi connectivity index (χ0n) is 21.0. The van der Waals surface area contributed by atoms with Crippen molar-refractivity contribution in [2.45, 2.75) is 91.6 Å². The lowest BCUT2D eigenvalue weighted by Crippen LogP contribution is -2.45. The van der Waals surface area contributed by atoms with E-state index in [0.29, 0.717) is 13.0 Å². The van der Waals surface area contributed by atoms with Gasteiger partial charge in [-0.25, -0.2) is 4.98 Å². The molecule has 2 heterocycles. The van der Waals surface area contributed by atoms with Gasteiger partial charge in [0, 0.05) is 24.3 Å². The lowest BCUT2D eigenvalue weighted by Gasteiger charge is -2.34. The lowest BCUT2D eigenvalue weighted by molar-refractivity contribution is -0.153. The van der Waals surface area contributed by atoms with E-state index in [4.69, 9.17) is 10.5 Å². The second kappa shape index (κ2) is 12.7. The van der Waals surface area contributed by atoms with Crippen molar-refractivity contribution in [2.24, 2.45) is 23.0 Å². The molecule has 1 aliphatic rings. The number of rotatable bonds is 3. The van der Waals surface area contributed by atoms with Crippen molar-refractivity contribution in [1.82, 2.24) is 4.98 Å². The van der Waals surface area contributed by atoms with Crippen LogP contribution in [0.1, 0.15) is 77.4 Å². The monoisotopic (exact) mass is 492 g/mol. The van der Waals surface area contributed by atoms with Gasteiger partial charge in [-0.15, -0.1) is 11.3 Å². The molecule has 0 aliphatic carbocycles. The molecule has 0 unspecified atom stereocenters. The van der Waals surface area contributed by atoms with E-state index in [9.17, 15) is 19.8 Å². The van der Waals surface area contributed by atoms with Crippen LogP contribution in [0.2, 0.25) is 0 Å². The molecule has 0 aromatic carbocycles.